The van der Waals surface area contributed by atoms with Crippen molar-refractivity contribution < 1.29 is 14.3 Å². The summed E-state index contributed by atoms with van der Waals surface area (Å²) in [6.07, 6.45) is 1.22. The molecule has 122 valence electrons. The van der Waals surface area contributed by atoms with Crippen molar-refractivity contribution >= 4 is 11.9 Å². The third kappa shape index (κ3) is 3.86. The molecular formula is C15H24N4O3. The number of aromatic nitrogens is 1. The number of carbonyl (C=O) groups is 1. The summed E-state index contributed by atoms with van der Waals surface area (Å²) in [5, 5.41) is 0. The zero-order valence-corrected chi connectivity index (χ0v) is 13.3. The molecule has 7 heteroatoms. The van der Waals surface area contributed by atoms with Crippen molar-refractivity contribution in [1.82, 2.24) is 9.88 Å². The van der Waals surface area contributed by atoms with Gasteiger partial charge >= 0.3 is 6.09 Å². The second kappa shape index (κ2) is 6.50. The Hall–Kier alpha value is -1.86. The number of nitrogen functional groups attached to an aromatic ring is 1. The average molecular weight is 308 g/mol. The molecule has 1 fully saturated rings. The van der Waals surface area contributed by atoms with Crippen molar-refractivity contribution in [3.63, 3.8) is 0 Å². The Morgan fingerprint density at radius 1 is 1.55 bits per heavy atom. The third-order valence-corrected chi connectivity index (χ3v) is 3.44. The lowest BCUT2D eigenvalue weighted by molar-refractivity contribution is -0.0381. The Kier molecular flexibility index (Phi) is 4.87. The first kappa shape index (κ1) is 16.5. The molecule has 0 saturated carbocycles. The van der Waals surface area contributed by atoms with Crippen LogP contribution in [0.4, 0.5) is 10.6 Å². The summed E-state index contributed by atoms with van der Waals surface area (Å²) < 4.78 is 10.9. The summed E-state index contributed by atoms with van der Waals surface area (Å²) in [5.74, 6) is 0.365. The largest absolute Gasteiger partial charge is 0.444 e. The molecule has 0 radical (unpaired) electrons. The highest BCUT2D eigenvalue weighted by Crippen LogP contribution is 2.25. The number of hydrogen-bond donors (Lipinski definition) is 2. The van der Waals surface area contributed by atoms with Gasteiger partial charge in [0.2, 0.25) is 0 Å². The quantitative estimate of drug-likeness (QED) is 0.853. The molecule has 0 aliphatic carbocycles. The minimum absolute atomic E-state index is 0.338. The summed E-state index contributed by atoms with van der Waals surface area (Å²) in [5.41, 5.74) is 12.3. The molecule has 2 atom stereocenters. The number of ether oxygens (including phenoxy) is 2. The summed E-state index contributed by atoms with van der Waals surface area (Å²) in [6, 6.07) is 2.76. The van der Waals surface area contributed by atoms with Crippen LogP contribution < -0.4 is 11.5 Å². The highest BCUT2D eigenvalue weighted by atomic mass is 16.6. The lowest BCUT2D eigenvalue weighted by Crippen LogP contribution is -2.54. The van der Waals surface area contributed by atoms with Gasteiger partial charge in [-0.05, 0) is 26.8 Å². The molecule has 2 unspecified atom stereocenters. The van der Waals surface area contributed by atoms with Crippen LogP contribution in [0, 0.1) is 0 Å². The number of carbonyl (C=O) groups excluding carboxylic acids is 1. The van der Waals surface area contributed by atoms with E-state index in [-0.39, 0.29) is 6.04 Å². The molecule has 4 N–H and O–H groups in total. The zero-order valence-electron chi connectivity index (χ0n) is 13.3. The van der Waals surface area contributed by atoms with Gasteiger partial charge in [-0.15, -0.1) is 0 Å². The van der Waals surface area contributed by atoms with E-state index in [0.29, 0.717) is 31.1 Å². The van der Waals surface area contributed by atoms with Crippen LogP contribution in [0.25, 0.3) is 0 Å². The van der Waals surface area contributed by atoms with Crippen LogP contribution in [0.3, 0.4) is 0 Å². The molecule has 1 aliphatic rings. The number of amides is 1. The standard InChI is InChI=1S/C15H24N4O3/c1-15(2,3)22-14(20)19-7-8-21-9-11(19)12(16)10-5-4-6-18-13(10)17/h4-6,11-12H,7-9,16H2,1-3H3,(H2,17,18). The van der Waals surface area contributed by atoms with Crippen LogP contribution in [0.15, 0.2) is 18.3 Å². The predicted molar refractivity (Wildman–Crippen MR) is 83.1 cm³/mol. The number of anilines is 1. The maximum atomic E-state index is 12.4. The number of morpholine rings is 1. The average Bonchev–Trinajstić information content (AvgIpc) is 2.45. The van der Waals surface area contributed by atoms with Crippen molar-refractivity contribution in [2.45, 2.75) is 38.5 Å². The van der Waals surface area contributed by atoms with E-state index in [0.717, 1.165) is 0 Å². The van der Waals surface area contributed by atoms with Gasteiger partial charge in [0.15, 0.2) is 0 Å². The number of nitrogens with zero attached hydrogens (tertiary/aromatic N) is 2. The van der Waals surface area contributed by atoms with Gasteiger partial charge in [0.1, 0.15) is 11.4 Å². The Morgan fingerprint density at radius 2 is 2.27 bits per heavy atom. The number of nitrogens with two attached hydrogens (primary N) is 2. The van der Waals surface area contributed by atoms with E-state index in [4.69, 9.17) is 20.9 Å². The van der Waals surface area contributed by atoms with E-state index >= 15 is 0 Å². The van der Waals surface area contributed by atoms with Crippen LogP contribution in [0.5, 0.6) is 0 Å². The van der Waals surface area contributed by atoms with Crippen molar-refractivity contribution in [2.24, 2.45) is 5.73 Å². The van der Waals surface area contributed by atoms with Gasteiger partial charge in [0.05, 0.1) is 25.3 Å². The fraction of sp³-hybridized carbons (Fsp3) is 0.600. The van der Waals surface area contributed by atoms with Crippen LogP contribution in [0.1, 0.15) is 32.4 Å². The summed E-state index contributed by atoms with van der Waals surface area (Å²) in [6.45, 7) is 6.74. The number of pyridine rings is 1. The van der Waals surface area contributed by atoms with Crippen LogP contribution >= 0.6 is 0 Å². The molecule has 7 nitrogen and oxygen atoms in total. The van der Waals surface area contributed by atoms with Gasteiger partial charge in [-0.1, -0.05) is 6.07 Å². The molecule has 0 bridgehead atoms. The molecule has 1 aliphatic heterocycles. The lowest BCUT2D eigenvalue weighted by Gasteiger charge is -2.39. The second-order valence-electron chi connectivity index (χ2n) is 6.32. The van der Waals surface area contributed by atoms with Gasteiger partial charge in [0, 0.05) is 18.3 Å². The first-order valence-electron chi connectivity index (χ1n) is 7.33. The van der Waals surface area contributed by atoms with E-state index in [9.17, 15) is 4.79 Å². The van der Waals surface area contributed by atoms with Crippen molar-refractivity contribution in [1.29, 1.82) is 0 Å². The maximum Gasteiger partial charge on any atom is 0.410 e. The lowest BCUT2D eigenvalue weighted by atomic mass is 9.99. The van der Waals surface area contributed by atoms with Crippen molar-refractivity contribution in [3.8, 4) is 0 Å². The fourth-order valence-electron chi connectivity index (χ4n) is 2.39. The van der Waals surface area contributed by atoms with E-state index < -0.39 is 17.7 Å². The van der Waals surface area contributed by atoms with Gasteiger partial charge < -0.3 is 20.9 Å². The molecule has 2 rings (SSSR count). The first-order chi connectivity index (χ1) is 10.3. The second-order valence-corrected chi connectivity index (χ2v) is 6.32. The normalized spacial score (nSPS) is 20.5. The molecule has 1 aromatic rings. The molecule has 1 aromatic heterocycles. The molecule has 1 saturated heterocycles. The summed E-state index contributed by atoms with van der Waals surface area (Å²) >= 11 is 0. The van der Waals surface area contributed by atoms with E-state index in [1.54, 1.807) is 17.2 Å². The monoisotopic (exact) mass is 308 g/mol. The molecule has 22 heavy (non-hydrogen) atoms. The van der Waals surface area contributed by atoms with E-state index in [2.05, 4.69) is 4.98 Å². The molecular weight excluding hydrogens is 284 g/mol. The fourth-order valence-corrected chi connectivity index (χ4v) is 2.39. The van der Waals surface area contributed by atoms with Gasteiger partial charge in [-0.25, -0.2) is 9.78 Å². The smallest absolute Gasteiger partial charge is 0.410 e. The van der Waals surface area contributed by atoms with Gasteiger partial charge in [0.25, 0.3) is 0 Å². The van der Waals surface area contributed by atoms with Crippen LogP contribution in [-0.2, 0) is 9.47 Å². The first-order valence-corrected chi connectivity index (χ1v) is 7.33. The Balaban J connectivity index is 2.19. The predicted octanol–water partition coefficient (Wildman–Crippen LogP) is 1.30. The Morgan fingerprint density at radius 3 is 2.91 bits per heavy atom. The summed E-state index contributed by atoms with van der Waals surface area (Å²) in [4.78, 5) is 18.1. The number of hydrogen-bond acceptors (Lipinski definition) is 6. The van der Waals surface area contributed by atoms with Gasteiger partial charge in [-0.3, -0.25) is 4.90 Å². The van der Waals surface area contributed by atoms with E-state index in [1.807, 2.05) is 26.8 Å². The molecule has 0 aromatic carbocycles. The van der Waals surface area contributed by atoms with Crippen molar-refractivity contribution in [3.05, 3.63) is 23.9 Å². The van der Waals surface area contributed by atoms with Crippen LogP contribution in [0.2, 0.25) is 0 Å². The number of rotatable bonds is 2. The molecule has 1 amide bonds. The van der Waals surface area contributed by atoms with Crippen LogP contribution in [-0.4, -0.2) is 47.4 Å². The molecule has 2 heterocycles. The molecule has 0 spiro atoms. The minimum atomic E-state index is -0.558. The van der Waals surface area contributed by atoms with Gasteiger partial charge in [-0.2, -0.15) is 0 Å². The SMILES string of the molecule is CC(C)(C)OC(=O)N1CCOCC1C(N)c1cccnc1N. The maximum absolute atomic E-state index is 12.4. The minimum Gasteiger partial charge on any atom is -0.444 e. The topological polar surface area (TPSA) is 104 Å². The highest BCUT2D eigenvalue weighted by molar-refractivity contribution is 5.69. The summed E-state index contributed by atoms with van der Waals surface area (Å²) in [7, 11) is 0. The third-order valence-electron chi connectivity index (χ3n) is 3.44. The zero-order chi connectivity index (χ0) is 16.3. The van der Waals surface area contributed by atoms with Crippen molar-refractivity contribution in [2.75, 3.05) is 25.5 Å². The Labute approximate surface area is 130 Å². The highest BCUT2D eigenvalue weighted by Gasteiger charge is 2.35. The van der Waals surface area contributed by atoms with E-state index in [1.165, 1.54) is 0 Å². The Bertz CT molecular complexity index is 530.